The minimum Gasteiger partial charge on any atom is -0.452 e. The van der Waals surface area contributed by atoms with Crippen LogP contribution < -0.4 is 0 Å². The molecule has 3 aromatic rings. The van der Waals surface area contributed by atoms with Gasteiger partial charge in [0.15, 0.2) is 0 Å². The van der Waals surface area contributed by atoms with E-state index in [1.165, 1.54) is 51.1 Å². The topological polar surface area (TPSA) is 104 Å². The molecule has 0 aliphatic carbocycles. The monoisotopic (exact) mass is 450 g/mol. The molecule has 1 aromatic heterocycles. The van der Waals surface area contributed by atoms with E-state index < -0.39 is 22.1 Å². The zero-order valence-corrected chi connectivity index (χ0v) is 17.7. The Kier molecular flexibility index (Phi) is 6.83. The molecule has 30 heavy (non-hydrogen) atoms. The number of benzene rings is 2. The molecule has 0 fully saturated rings. The summed E-state index contributed by atoms with van der Waals surface area (Å²) >= 11 is 5.95. The molecule has 0 aliphatic rings. The molecule has 0 saturated carbocycles. The fourth-order valence-electron chi connectivity index (χ4n) is 2.59. The molecule has 0 radical (unpaired) electrons. The van der Waals surface area contributed by atoms with Crippen molar-refractivity contribution in [2.45, 2.75) is 17.5 Å². The van der Waals surface area contributed by atoms with E-state index in [4.69, 9.17) is 21.2 Å². The van der Waals surface area contributed by atoms with E-state index in [1.807, 2.05) is 0 Å². The van der Waals surface area contributed by atoms with E-state index in [-0.39, 0.29) is 17.0 Å². The highest BCUT2D eigenvalue weighted by atomic mass is 35.5. The van der Waals surface area contributed by atoms with Crippen LogP contribution in [0.1, 0.15) is 22.0 Å². The summed E-state index contributed by atoms with van der Waals surface area (Å²) < 4.78 is 32.5. The summed E-state index contributed by atoms with van der Waals surface area (Å²) in [6, 6.07) is 12.3. The van der Waals surface area contributed by atoms with Crippen LogP contribution in [-0.4, -0.2) is 47.8 Å². The minimum atomic E-state index is -3.81. The lowest BCUT2D eigenvalue weighted by atomic mass is 10.1. The van der Waals surface area contributed by atoms with Crippen molar-refractivity contribution < 1.29 is 22.8 Å². The van der Waals surface area contributed by atoms with Gasteiger partial charge in [-0.2, -0.15) is 5.10 Å². The van der Waals surface area contributed by atoms with Gasteiger partial charge in [-0.3, -0.25) is 4.84 Å². The van der Waals surface area contributed by atoms with Crippen molar-refractivity contribution in [2.75, 3.05) is 14.2 Å². The number of carbonyl (C=O) groups is 1. The van der Waals surface area contributed by atoms with Gasteiger partial charge in [-0.05, 0) is 42.0 Å². The van der Waals surface area contributed by atoms with Crippen molar-refractivity contribution in [1.82, 2.24) is 19.2 Å². The van der Waals surface area contributed by atoms with Crippen molar-refractivity contribution in [3.63, 3.8) is 0 Å². The summed E-state index contributed by atoms with van der Waals surface area (Å²) in [6.45, 7) is 0.248. The predicted octanol–water partition coefficient (Wildman–Crippen LogP) is 2.71. The van der Waals surface area contributed by atoms with Crippen LogP contribution in [0.2, 0.25) is 5.02 Å². The van der Waals surface area contributed by atoms with E-state index in [9.17, 15) is 13.2 Å². The summed E-state index contributed by atoms with van der Waals surface area (Å²) in [4.78, 5) is 21.3. The fraction of sp³-hybridized carbons (Fsp3) is 0.211. The maximum absolute atomic E-state index is 12.7. The number of hydrogen-bond acceptors (Lipinski definition) is 7. The molecular weight excluding hydrogens is 432 g/mol. The third-order valence-electron chi connectivity index (χ3n) is 4.29. The Morgan fingerprint density at radius 1 is 1.17 bits per heavy atom. The second-order valence-corrected chi connectivity index (χ2v) is 8.56. The Morgan fingerprint density at radius 3 is 2.40 bits per heavy atom. The third-order valence-corrected chi connectivity index (χ3v) is 6.24. The van der Waals surface area contributed by atoms with Gasteiger partial charge in [0.05, 0.1) is 24.1 Å². The van der Waals surface area contributed by atoms with Gasteiger partial charge in [-0.25, -0.2) is 22.9 Å². The van der Waals surface area contributed by atoms with E-state index in [0.717, 1.165) is 10.0 Å². The second-order valence-electron chi connectivity index (χ2n) is 6.18. The standard InChI is InChI=1S/C19H19ClN4O5S/c1-23(28-2)30(26,27)17-9-5-15(6-10-17)19(25)29-18(11-24-13-21-12-22-24)14-3-7-16(20)8-4-14/h3-10,12-13,18H,11H2,1-2H3. The number of nitrogens with zero attached hydrogens (tertiary/aromatic N) is 4. The number of sulfonamides is 1. The molecule has 158 valence electrons. The second kappa shape index (κ2) is 9.35. The lowest BCUT2D eigenvalue weighted by Gasteiger charge is -2.19. The van der Waals surface area contributed by atoms with Gasteiger partial charge in [0.25, 0.3) is 10.0 Å². The van der Waals surface area contributed by atoms with Gasteiger partial charge < -0.3 is 4.74 Å². The van der Waals surface area contributed by atoms with Gasteiger partial charge >= 0.3 is 5.97 Å². The van der Waals surface area contributed by atoms with Crippen molar-refractivity contribution in [2.24, 2.45) is 0 Å². The molecule has 9 nitrogen and oxygen atoms in total. The Labute approximate surface area is 178 Å². The highest BCUT2D eigenvalue weighted by molar-refractivity contribution is 7.89. The number of carbonyl (C=O) groups excluding carboxylic acids is 1. The summed E-state index contributed by atoms with van der Waals surface area (Å²) in [5.74, 6) is -0.612. The zero-order chi connectivity index (χ0) is 21.7. The highest BCUT2D eigenvalue weighted by Gasteiger charge is 2.23. The molecule has 3 rings (SSSR count). The van der Waals surface area contributed by atoms with Crippen LogP contribution in [0.25, 0.3) is 0 Å². The molecule has 0 spiro atoms. The molecule has 0 bridgehead atoms. The Morgan fingerprint density at radius 2 is 1.83 bits per heavy atom. The zero-order valence-electron chi connectivity index (χ0n) is 16.2. The Bertz CT molecular complexity index is 1090. The number of hydrogen-bond donors (Lipinski definition) is 0. The maximum Gasteiger partial charge on any atom is 0.338 e. The summed E-state index contributed by atoms with van der Waals surface area (Å²) in [6.07, 6.45) is 2.25. The molecule has 2 aromatic carbocycles. The number of rotatable bonds is 8. The van der Waals surface area contributed by atoms with Crippen LogP contribution in [0, 0.1) is 0 Å². The van der Waals surface area contributed by atoms with E-state index >= 15 is 0 Å². The quantitative estimate of drug-likeness (QED) is 0.384. The van der Waals surface area contributed by atoms with Crippen molar-refractivity contribution in [3.05, 3.63) is 77.3 Å². The summed E-state index contributed by atoms with van der Waals surface area (Å²) in [5.41, 5.74) is 0.927. The normalized spacial score (nSPS) is 12.7. The highest BCUT2D eigenvalue weighted by Crippen LogP contribution is 2.24. The number of halogens is 1. The van der Waals surface area contributed by atoms with Gasteiger partial charge in [0, 0.05) is 12.1 Å². The summed E-state index contributed by atoms with van der Waals surface area (Å²) in [5, 5.41) is 4.61. The first-order valence-corrected chi connectivity index (χ1v) is 10.5. The molecule has 11 heteroatoms. The van der Waals surface area contributed by atoms with E-state index in [1.54, 1.807) is 28.9 Å². The third kappa shape index (κ3) is 5.03. The summed E-state index contributed by atoms with van der Waals surface area (Å²) in [7, 11) is -1.29. The molecule has 0 N–H and O–H groups in total. The van der Waals surface area contributed by atoms with Crippen LogP contribution in [-0.2, 0) is 26.1 Å². The van der Waals surface area contributed by atoms with Crippen LogP contribution in [0.5, 0.6) is 0 Å². The first-order chi connectivity index (χ1) is 14.3. The smallest absolute Gasteiger partial charge is 0.338 e. The van der Waals surface area contributed by atoms with E-state index in [2.05, 4.69) is 10.1 Å². The number of aromatic nitrogens is 3. The van der Waals surface area contributed by atoms with Crippen molar-refractivity contribution in [1.29, 1.82) is 0 Å². The van der Waals surface area contributed by atoms with Crippen LogP contribution in [0.3, 0.4) is 0 Å². The lowest BCUT2D eigenvalue weighted by Crippen LogP contribution is -2.25. The number of hydroxylamine groups is 1. The molecule has 0 saturated heterocycles. The number of ether oxygens (including phenoxy) is 1. The van der Waals surface area contributed by atoms with Gasteiger partial charge in [0.2, 0.25) is 0 Å². The first-order valence-electron chi connectivity index (χ1n) is 8.73. The van der Waals surface area contributed by atoms with Gasteiger partial charge in [-0.1, -0.05) is 28.2 Å². The average molecular weight is 451 g/mol. The molecule has 1 atom stereocenters. The molecule has 1 unspecified atom stereocenters. The molecule has 0 aliphatic heterocycles. The SMILES string of the molecule is CON(C)S(=O)(=O)c1ccc(C(=O)OC(Cn2cncn2)c2ccc(Cl)cc2)cc1. The van der Waals surface area contributed by atoms with Crippen LogP contribution >= 0.6 is 11.6 Å². The lowest BCUT2D eigenvalue weighted by molar-refractivity contribution is -0.0258. The fourth-order valence-corrected chi connectivity index (χ4v) is 3.69. The van der Waals surface area contributed by atoms with Gasteiger partial charge in [0.1, 0.15) is 18.8 Å². The Hall–Kier alpha value is -2.79. The molecular formula is C19H19ClN4O5S. The van der Waals surface area contributed by atoms with Crippen LogP contribution in [0.15, 0.2) is 66.1 Å². The molecule has 0 amide bonds. The average Bonchev–Trinajstić information content (AvgIpc) is 3.26. The minimum absolute atomic E-state index is 0.0136. The van der Waals surface area contributed by atoms with Crippen molar-refractivity contribution >= 4 is 27.6 Å². The van der Waals surface area contributed by atoms with Gasteiger partial charge in [-0.15, -0.1) is 0 Å². The first kappa shape index (κ1) is 21.9. The predicted molar refractivity (Wildman–Crippen MR) is 108 cm³/mol. The maximum atomic E-state index is 12.7. The van der Waals surface area contributed by atoms with Crippen LogP contribution in [0.4, 0.5) is 0 Å². The largest absolute Gasteiger partial charge is 0.452 e. The molecule has 1 heterocycles. The van der Waals surface area contributed by atoms with Crippen molar-refractivity contribution in [3.8, 4) is 0 Å². The Balaban J connectivity index is 1.80. The van der Waals surface area contributed by atoms with E-state index in [0.29, 0.717) is 5.02 Å². The number of esters is 1.